The molecule has 5 nitrogen and oxygen atoms in total. The smallest absolute Gasteiger partial charge is 0.315 e. The predicted molar refractivity (Wildman–Crippen MR) is 82.3 cm³/mol. The number of hydrogen-bond acceptors (Lipinski definition) is 4. The lowest BCUT2D eigenvalue weighted by Crippen LogP contribution is -2.10. The lowest BCUT2D eigenvalue weighted by molar-refractivity contribution is -0.383. The molecule has 1 unspecified atom stereocenters. The van der Waals surface area contributed by atoms with Gasteiger partial charge in [0.05, 0.1) is 4.92 Å². The normalized spacial score (nSPS) is 19.4. The van der Waals surface area contributed by atoms with Gasteiger partial charge >= 0.3 is 5.69 Å². The van der Waals surface area contributed by atoms with Gasteiger partial charge in [0, 0.05) is 13.1 Å². The summed E-state index contributed by atoms with van der Waals surface area (Å²) < 4.78 is 0. The van der Waals surface area contributed by atoms with Gasteiger partial charge in [-0.1, -0.05) is 26.8 Å². The zero-order valence-corrected chi connectivity index (χ0v) is 12.4. The van der Waals surface area contributed by atoms with Crippen LogP contribution < -0.4 is 10.6 Å². The molecule has 1 aromatic rings. The van der Waals surface area contributed by atoms with Gasteiger partial charge in [0.2, 0.25) is 0 Å². The molecule has 0 spiro atoms. The molecule has 1 aromatic carbocycles. The van der Waals surface area contributed by atoms with E-state index < -0.39 is 0 Å². The molecule has 2 rings (SSSR count). The fraction of sp³-hybridized carbons (Fsp3) is 0.600. The maximum atomic E-state index is 11.3. The summed E-state index contributed by atoms with van der Waals surface area (Å²) in [5, 5.41) is 17.7. The molecular weight excluding hydrogens is 254 g/mol. The number of nitro groups is 1. The summed E-state index contributed by atoms with van der Waals surface area (Å²) >= 11 is 0. The number of hydrogen-bond donors (Lipinski definition) is 2. The van der Waals surface area contributed by atoms with Gasteiger partial charge in [0.1, 0.15) is 11.4 Å². The minimum atomic E-state index is -0.307. The Balaban J connectivity index is 2.12. The minimum absolute atomic E-state index is 0.152. The maximum absolute atomic E-state index is 11.3. The van der Waals surface area contributed by atoms with Crippen LogP contribution in [0.2, 0.25) is 0 Å². The molecule has 20 heavy (non-hydrogen) atoms. The minimum Gasteiger partial charge on any atom is -0.379 e. The lowest BCUT2D eigenvalue weighted by atomic mass is 10.1. The fourth-order valence-electron chi connectivity index (χ4n) is 2.44. The standard InChI is InChI=1S/C15H23N3O2/c1-4-8-16-12-6-5-7-13(14(12)18(19)20)17-10-11-9-15(11,2)3/h5-7,11,16-17H,4,8-10H2,1-3H3. The van der Waals surface area contributed by atoms with Crippen LogP contribution in [0.5, 0.6) is 0 Å². The molecule has 0 bridgehead atoms. The third-order valence-electron chi connectivity index (χ3n) is 4.04. The Morgan fingerprint density at radius 2 is 1.95 bits per heavy atom. The van der Waals surface area contributed by atoms with E-state index in [0.29, 0.717) is 22.7 Å². The van der Waals surface area contributed by atoms with Gasteiger partial charge in [-0.25, -0.2) is 0 Å². The molecule has 2 N–H and O–H groups in total. The zero-order chi connectivity index (χ0) is 14.8. The van der Waals surface area contributed by atoms with Crippen LogP contribution in [-0.2, 0) is 0 Å². The van der Waals surface area contributed by atoms with E-state index in [1.807, 2.05) is 13.0 Å². The molecule has 1 aliphatic rings. The van der Waals surface area contributed by atoms with E-state index in [1.54, 1.807) is 12.1 Å². The number of anilines is 2. The molecule has 5 heteroatoms. The summed E-state index contributed by atoms with van der Waals surface area (Å²) in [7, 11) is 0. The number of nitrogens with one attached hydrogen (secondary N) is 2. The fourth-order valence-corrected chi connectivity index (χ4v) is 2.44. The van der Waals surface area contributed by atoms with Gasteiger partial charge in [-0.05, 0) is 36.3 Å². The Morgan fingerprint density at radius 3 is 2.45 bits per heavy atom. The second-order valence-electron chi connectivity index (χ2n) is 6.16. The zero-order valence-electron chi connectivity index (χ0n) is 12.4. The van der Waals surface area contributed by atoms with Crippen LogP contribution in [0.1, 0.15) is 33.6 Å². The molecule has 0 amide bonds. The maximum Gasteiger partial charge on any atom is 0.315 e. The van der Waals surface area contributed by atoms with Crippen LogP contribution in [0.15, 0.2) is 18.2 Å². The first-order valence-electron chi connectivity index (χ1n) is 7.21. The highest BCUT2D eigenvalue weighted by Crippen LogP contribution is 2.51. The van der Waals surface area contributed by atoms with Crippen molar-refractivity contribution in [2.24, 2.45) is 11.3 Å². The first kappa shape index (κ1) is 14.6. The third-order valence-corrected chi connectivity index (χ3v) is 4.04. The van der Waals surface area contributed by atoms with Crippen molar-refractivity contribution in [1.82, 2.24) is 0 Å². The van der Waals surface area contributed by atoms with Gasteiger partial charge in [-0.15, -0.1) is 0 Å². The van der Waals surface area contributed by atoms with Crippen molar-refractivity contribution in [1.29, 1.82) is 0 Å². The third kappa shape index (κ3) is 3.21. The topological polar surface area (TPSA) is 67.2 Å². The predicted octanol–water partition coefficient (Wildman–Crippen LogP) is 3.87. The van der Waals surface area contributed by atoms with Gasteiger partial charge in [0.25, 0.3) is 0 Å². The second-order valence-corrected chi connectivity index (χ2v) is 6.16. The number of rotatable bonds is 7. The quantitative estimate of drug-likeness (QED) is 0.586. The van der Waals surface area contributed by atoms with E-state index in [1.165, 1.54) is 6.42 Å². The Morgan fingerprint density at radius 1 is 1.35 bits per heavy atom. The van der Waals surface area contributed by atoms with Gasteiger partial charge < -0.3 is 10.6 Å². The van der Waals surface area contributed by atoms with E-state index >= 15 is 0 Å². The van der Waals surface area contributed by atoms with E-state index in [0.717, 1.165) is 19.5 Å². The van der Waals surface area contributed by atoms with E-state index in [-0.39, 0.29) is 10.6 Å². The summed E-state index contributed by atoms with van der Waals surface area (Å²) in [6.07, 6.45) is 2.12. The van der Waals surface area contributed by atoms with Crippen molar-refractivity contribution < 1.29 is 4.92 Å². The molecule has 110 valence electrons. The number of para-hydroxylation sites is 1. The van der Waals surface area contributed by atoms with Gasteiger partial charge in [-0.3, -0.25) is 10.1 Å². The highest BCUT2D eigenvalue weighted by atomic mass is 16.6. The highest BCUT2D eigenvalue weighted by Gasteiger charge is 2.45. The molecule has 0 aromatic heterocycles. The Bertz CT molecular complexity index is 500. The van der Waals surface area contributed by atoms with E-state index in [4.69, 9.17) is 0 Å². The number of nitro benzene ring substituents is 1. The lowest BCUT2D eigenvalue weighted by Gasteiger charge is -2.12. The Labute approximate surface area is 119 Å². The summed E-state index contributed by atoms with van der Waals surface area (Å²) in [5.41, 5.74) is 1.73. The van der Waals surface area contributed by atoms with Crippen molar-refractivity contribution in [3.8, 4) is 0 Å². The Kier molecular flexibility index (Phi) is 4.16. The summed E-state index contributed by atoms with van der Waals surface area (Å²) in [4.78, 5) is 11.0. The van der Waals surface area contributed by atoms with Crippen molar-refractivity contribution in [3.63, 3.8) is 0 Å². The number of nitrogens with zero attached hydrogens (tertiary/aromatic N) is 1. The van der Waals surface area contributed by atoms with Crippen molar-refractivity contribution in [2.75, 3.05) is 23.7 Å². The van der Waals surface area contributed by atoms with Crippen LogP contribution in [0.4, 0.5) is 17.1 Å². The monoisotopic (exact) mass is 277 g/mol. The molecule has 1 saturated carbocycles. The highest BCUT2D eigenvalue weighted by molar-refractivity contribution is 5.76. The van der Waals surface area contributed by atoms with Crippen LogP contribution >= 0.6 is 0 Å². The van der Waals surface area contributed by atoms with Gasteiger partial charge in [0.15, 0.2) is 0 Å². The molecule has 1 aliphatic carbocycles. The molecule has 0 saturated heterocycles. The molecule has 0 heterocycles. The van der Waals surface area contributed by atoms with Crippen molar-refractivity contribution in [3.05, 3.63) is 28.3 Å². The largest absolute Gasteiger partial charge is 0.379 e. The molecule has 0 radical (unpaired) electrons. The van der Waals surface area contributed by atoms with Crippen molar-refractivity contribution >= 4 is 17.1 Å². The SMILES string of the molecule is CCCNc1cccc(NCC2CC2(C)C)c1[N+](=O)[O-]. The summed E-state index contributed by atoms with van der Waals surface area (Å²) in [6, 6.07) is 5.40. The molecule has 0 aliphatic heterocycles. The Hall–Kier alpha value is -1.78. The first-order chi connectivity index (χ1) is 9.45. The molecule has 1 atom stereocenters. The average molecular weight is 277 g/mol. The van der Waals surface area contributed by atoms with E-state index in [9.17, 15) is 10.1 Å². The van der Waals surface area contributed by atoms with Crippen LogP contribution in [0.25, 0.3) is 0 Å². The summed E-state index contributed by atoms with van der Waals surface area (Å²) in [5.74, 6) is 0.606. The molecular formula is C15H23N3O2. The van der Waals surface area contributed by atoms with E-state index in [2.05, 4.69) is 24.5 Å². The van der Waals surface area contributed by atoms with Gasteiger partial charge in [-0.2, -0.15) is 0 Å². The van der Waals surface area contributed by atoms with Crippen LogP contribution in [0.3, 0.4) is 0 Å². The van der Waals surface area contributed by atoms with Crippen LogP contribution in [0, 0.1) is 21.4 Å². The van der Waals surface area contributed by atoms with Crippen LogP contribution in [-0.4, -0.2) is 18.0 Å². The van der Waals surface area contributed by atoms with Crippen molar-refractivity contribution in [2.45, 2.75) is 33.6 Å². The molecule has 1 fully saturated rings. The average Bonchev–Trinajstić information content (AvgIpc) is 3.01. The second kappa shape index (κ2) is 5.69. The summed E-state index contributed by atoms with van der Waals surface area (Å²) in [6.45, 7) is 8.03. The first-order valence-corrected chi connectivity index (χ1v) is 7.21. The number of benzene rings is 1.